The highest BCUT2D eigenvalue weighted by molar-refractivity contribution is 6.01. The van der Waals surface area contributed by atoms with Gasteiger partial charge in [-0.2, -0.15) is 0 Å². The van der Waals surface area contributed by atoms with Crippen LogP contribution in [0.25, 0.3) is 11.5 Å². The van der Waals surface area contributed by atoms with Gasteiger partial charge in [-0.05, 0) is 30.3 Å². The summed E-state index contributed by atoms with van der Waals surface area (Å²) in [5, 5.41) is 10.2. The second-order valence-corrected chi connectivity index (χ2v) is 5.14. The van der Waals surface area contributed by atoms with Gasteiger partial charge in [-0.3, -0.25) is 4.79 Å². The Kier molecular flexibility index (Phi) is 4.93. The molecule has 0 radical (unpaired) electrons. The Morgan fingerprint density at radius 3 is 2.62 bits per heavy atom. The van der Waals surface area contributed by atoms with E-state index in [-0.39, 0.29) is 11.8 Å². The molecule has 3 aromatic rings. The smallest absolute Gasteiger partial charge is 0.337 e. The SMILES string of the molecule is COC(=O)c1cccc(NC(=O)c2nnc(-c3ccccc3OC)o2)c1. The predicted octanol–water partition coefficient (Wildman–Crippen LogP) is 2.78. The van der Waals surface area contributed by atoms with Crippen LogP contribution < -0.4 is 10.1 Å². The Hall–Kier alpha value is -3.68. The number of nitrogens with one attached hydrogen (secondary N) is 1. The zero-order chi connectivity index (χ0) is 18.5. The molecule has 0 fully saturated rings. The standard InChI is InChI=1S/C18H15N3O5/c1-24-14-9-4-3-8-13(14)16-20-21-17(26-16)15(22)19-12-7-5-6-11(10-12)18(23)25-2/h3-10H,1-2H3,(H,19,22). The first-order valence-electron chi connectivity index (χ1n) is 7.59. The van der Waals surface area contributed by atoms with E-state index in [2.05, 4.69) is 20.3 Å². The predicted molar refractivity (Wildman–Crippen MR) is 92.0 cm³/mol. The zero-order valence-electron chi connectivity index (χ0n) is 14.1. The number of rotatable bonds is 5. The number of methoxy groups -OCH3 is 2. The Bertz CT molecular complexity index is 951. The van der Waals surface area contributed by atoms with Gasteiger partial charge >= 0.3 is 17.8 Å². The first kappa shape index (κ1) is 17.2. The van der Waals surface area contributed by atoms with Gasteiger partial charge in [0.05, 0.1) is 25.3 Å². The summed E-state index contributed by atoms with van der Waals surface area (Å²) in [6.45, 7) is 0. The fourth-order valence-corrected chi connectivity index (χ4v) is 2.27. The molecule has 2 aromatic carbocycles. The van der Waals surface area contributed by atoms with Crippen molar-refractivity contribution in [1.29, 1.82) is 0 Å². The van der Waals surface area contributed by atoms with Gasteiger partial charge < -0.3 is 19.2 Å². The van der Waals surface area contributed by atoms with Gasteiger partial charge in [0.15, 0.2) is 0 Å². The molecule has 1 N–H and O–H groups in total. The quantitative estimate of drug-likeness (QED) is 0.703. The van der Waals surface area contributed by atoms with Crippen LogP contribution in [0.4, 0.5) is 5.69 Å². The van der Waals surface area contributed by atoms with Crippen molar-refractivity contribution >= 4 is 17.6 Å². The van der Waals surface area contributed by atoms with Crippen molar-refractivity contribution in [3.63, 3.8) is 0 Å². The summed E-state index contributed by atoms with van der Waals surface area (Å²) < 4.78 is 15.3. The highest BCUT2D eigenvalue weighted by atomic mass is 16.5. The molecule has 1 heterocycles. The summed E-state index contributed by atoms with van der Waals surface area (Å²) in [5.74, 6) is -0.600. The normalized spacial score (nSPS) is 10.2. The van der Waals surface area contributed by atoms with Crippen LogP contribution in [0.1, 0.15) is 21.0 Å². The molecule has 132 valence electrons. The lowest BCUT2D eigenvalue weighted by atomic mass is 10.2. The number of aromatic nitrogens is 2. The molecule has 0 aliphatic carbocycles. The van der Waals surface area contributed by atoms with E-state index in [0.717, 1.165) is 0 Å². The topological polar surface area (TPSA) is 104 Å². The number of hydrogen-bond donors (Lipinski definition) is 1. The summed E-state index contributed by atoms with van der Waals surface area (Å²) in [5.41, 5.74) is 1.29. The highest BCUT2D eigenvalue weighted by Gasteiger charge is 2.18. The van der Waals surface area contributed by atoms with Gasteiger partial charge in [0.1, 0.15) is 5.75 Å². The number of ether oxygens (including phenoxy) is 2. The van der Waals surface area contributed by atoms with Crippen molar-refractivity contribution in [2.24, 2.45) is 0 Å². The fourth-order valence-electron chi connectivity index (χ4n) is 2.27. The third kappa shape index (κ3) is 3.54. The summed E-state index contributed by atoms with van der Waals surface area (Å²) in [7, 11) is 2.81. The molecule has 3 rings (SSSR count). The number of benzene rings is 2. The van der Waals surface area contributed by atoms with Crippen LogP contribution in [0.2, 0.25) is 0 Å². The largest absolute Gasteiger partial charge is 0.496 e. The van der Waals surface area contributed by atoms with Gasteiger partial charge in [0.25, 0.3) is 5.89 Å². The third-order valence-electron chi connectivity index (χ3n) is 3.50. The molecule has 8 heteroatoms. The molecular formula is C18H15N3O5. The van der Waals surface area contributed by atoms with E-state index in [4.69, 9.17) is 9.15 Å². The van der Waals surface area contributed by atoms with Crippen LogP contribution >= 0.6 is 0 Å². The Balaban J connectivity index is 1.80. The Labute approximate surface area is 148 Å². The molecule has 0 aliphatic heterocycles. The molecule has 0 saturated heterocycles. The molecule has 0 atom stereocenters. The van der Waals surface area contributed by atoms with Crippen molar-refractivity contribution in [3.8, 4) is 17.2 Å². The maximum absolute atomic E-state index is 12.3. The third-order valence-corrected chi connectivity index (χ3v) is 3.50. The van der Waals surface area contributed by atoms with Crippen LogP contribution in [0.15, 0.2) is 52.9 Å². The van der Waals surface area contributed by atoms with E-state index < -0.39 is 11.9 Å². The lowest BCUT2D eigenvalue weighted by Gasteiger charge is -2.05. The Morgan fingerprint density at radius 1 is 1.04 bits per heavy atom. The number of carbonyl (C=O) groups excluding carboxylic acids is 2. The van der Waals surface area contributed by atoms with Crippen LogP contribution in [0, 0.1) is 0 Å². The number of esters is 1. The van der Waals surface area contributed by atoms with E-state index in [1.165, 1.54) is 20.3 Å². The van der Waals surface area contributed by atoms with Crippen molar-refractivity contribution in [2.75, 3.05) is 19.5 Å². The van der Waals surface area contributed by atoms with E-state index in [1.54, 1.807) is 42.5 Å². The van der Waals surface area contributed by atoms with Gasteiger partial charge in [-0.15, -0.1) is 10.2 Å². The van der Waals surface area contributed by atoms with Crippen LogP contribution in [0.3, 0.4) is 0 Å². The molecule has 0 saturated carbocycles. The average Bonchev–Trinajstić information content (AvgIpc) is 3.17. The lowest BCUT2D eigenvalue weighted by Crippen LogP contribution is -2.13. The van der Waals surface area contributed by atoms with Crippen LogP contribution in [-0.4, -0.2) is 36.3 Å². The van der Waals surface area contributed by atoms with E-state index in [9.17, 15) is 9.59 Å². The molecule has 0 unspecified atom stereocenters. The van der Waals surface area contributed by atoms with Gasteiger partial charge in [-0.1, -0.05) is 18.2 Å². The average molecular weight is 353 g/mol. The molecule has 0 bridgehead atoms. The first-order valence-corrected chi connectivity index (χ1v) is 7.59. The van der Waals surface area contributed by atoms with E-state index in [1.807, 2.05) is 0 Å². The van der Waals surface area contributed by atoms with Crippen molar-refractivity contribution in [3.05, 3.63) is 60.0 Å². The molecule has 1 aromatic heterocycles. The van der Waals surface area contributed by atoms with Crippen molar-refractivity contribution in [1.82, 2.24) is 10.2 Å². The fraction of sp³-hybridized carbons (Fsp3) is 0.111. The summed E-state index contributed by atoms with van der Waals surface area (Å²) in [6.07, 6.45) is 0. The van der Waals surface area contributed by atoms with E-state index >= 15 is 0 Å². The summed E-state index contributed by atoms with van der Waals surface area (Å²) in [6, 6.07) is 13.4. The maximum Gasteiger partial charge on any atom is 0.337 e. The minimum absolute atomic E-state index is 0.163. The van der Waals surface area contributed by atoms with Crippen molar-refractivity contribution in [2.45, 2.75) is 0 Å². The van der Waals surface area contributed by atoms with Gasteiger partial charge in [-0.25, -0.2) is 4.79 Å². The number of para-hydroxylation sites is 1. The molecule has 0 aliphatic rings. The van der Waals surface area contributed by atoms with E-state index in [0.29, 0.717) is 22.6 Å². The molecule has 26 heavy (non-hydrogen) atoms. The second kappa shape index (κ2) is 7.47. The van der Waals surface area contributed by atoms with Crippen LogP contribution in [-0.2, 0) is 4.74 Å². The molecule has 1 amide bonds. The summed E-state index contributed by atoms with van der Waals surface area (Å²) >= 11 is 0. The molecular weight excluding hydrogens is 338 g/mol. The molecule has 0 spiro atoms. The van der Waals surface area contributed by atoms with Gasteiger partial charge in [0, 0.05) is 5.69 Å². The molecule has 8 nitrogen and oxygen atoms in total. The minimum atomic E-state index is -0.597. The monoisotopic (exact) mass is 353 g/mol. The number of anilines is 1. The van der Waals surface area contributed by atoms with Crippen LogP contribution in [0.5, 0.6) is 5.75 Å². The highest BCUT2D eigenvalue weighted by Crippen LogP contribution is 2.28. The maximum atomic E-state index is 12.3. The minimum Gasteiger partial charge on any atom is -0.496 e. The first-order chi connectivity index (χ1) is 12.6. The number of carbonyl (C=O) groups is 2. The lowest BCUT2D eigenvalue weighted by molar-refractivity contribution is 0.0600. The zero-order valence-corrected chi connectivity index (χ0v) is 14.1. The number of amides is 1. The Morgan fingerprint density at radius 2 is 1.85 bits per heavy atom. The summed E-state index contributed by atoms with van der Waals surface area (Å²) in [4.78, 5) is 23.9. The number of hydrogen-bond acceptors (Lipinski definition) is 7. The van der Waals surface area contributed by atoms with Crippen molar-refractivity contribution < 1.29 is 23.5 Å². The number of nitrogens with zero attached hydrogens (tertiary/aromatic N) is 2. The second-order valence-electron chi connectivity index (χ2n) is 5.14. The van der Waals surface area contributed by atoms with Gasteiger partial charge in [0.2, 0.25) is 0 Å².